The number of rotatable bonds is 3. The highest BCUT2D eigenvalue weighted by Crippen LogP contribution is 2.18. The van der Waals surface area contributed by atoms with Crippen LogP contribution in [-0.4, -0.2) is 15.9 Å². The highest BCUT2D eigenvalue weighted by Gasteiger charge is 2.03. The number of benzene rings is 1. The molecule has 0 atom stereocenters. The maximum Gasteiger partial charge on any atom is 0.221 e. The number of aromatic nitrogens is 2. The maximum absolute atomic E-state index is 10.9. The van der Waals surface area contributed by atoms with Crippen molar-refractivity contribution in [3.05, 3.63) is 36.2 Å². The van der Waals surface area contributed by atoms with Gasteiger partial charge in [-0.15, -0.1) is 0 Å². The molecule has 0 unspecified atom stereocenters. The Bertz CT molecular complexity index is 516. The van der Waals surface area contributed by atoms with Gasteiger partial charge in [-0.2, -0.15) is 0 Å². The molecular formula is C12H14N4O. The first kappa shape index (κ1) is 11.3. The number of amides is 1. The largest absolute Gasteiger partial charge is 0.341 e. The average Bonchev–Trinajstić information content (AvgIpc) is 2.78. The Labute approximate surface area is 99.1 Å². The van der Waals surface area contributed by atoms with Crippen LogP contribution in [0.4, 0.5) is 5.69 Å². The number of nitrogens with one attached hydrogen (secondary N) is 2. The van der Waals surface area contributed by atoms with Gasteiger partial charge < -0.3 is 16.0 Å². The second kappa shape index (κ2) is 4.80. The van der Waals surface area contributed by atoms with Crippen LogP contribution >= 0.6 is 0 Å². The van der Waals surface area contributed by atoms with E-state index in [1.807, 2.05) is 24.3 Å². The van der Waals surface area contributed by atoms with E-state index < -0.39 is 0 Å². The quantitative estimate of drug-likeness (QED) is 0.747. The van der Waals surface area contributed by atoms with Gasteiger partial charge in [0, 0.05) is 36.6 Å². The van der Waals surface area contributed by atoms with Gasteiger partial charge in [0.1, 0.15) is 5.82 Å². The van der Waals surface area contributed by atoms with Crippen LogP contribution in [0.15, 0.2) is 30.5 Å². The molecule has 0 aliphatic heterocycles. The van der Waals surface area contributed by atoms with E-state index in [9.17, 15) is 4.79 Å². The van der Waals surface area contributed by atoms with Crippen molar-refractivity contribution in [1.29, 1.82) is 0 Å². The molecule has 1 amide bonds. The summed E-state index contributed by atoms with van der Waals surface area (Å²) < 4.78 is 0. The van der Waals surface area contributed by atoms with Crippen molar-refractivity contribution in [3.63, 3.8) is 0 Å². The first-order chi connectivity index (χ1) is 8.19. The molecule has 0 aliphatic carbocycles. The number of hydrogen-bond donors (Lipinski definition) is 3. The average molecular weight is 230 g/mol. The van der Waals surface area contributed by atoms with E-state index in [1.54, 1.807) is 6.20 Å². The number of carbonyl (C=O) groups is 1. The van der Waals surface area contributed by atoms with Crippen LogP contribution in [0.25, 0.3) is 11.4 Å². The minimum atomic E-state index is -0.0823. The number of hydrogen-bond acceptors (Lipinski definition) is 3. The van der Waals surface area contributed by atoms with E-state index in [-0.39, 0.29) is 5.91 Å². The Kier molecular flexibility index (Phi) is 3.20. The smallest absolute Gasteiger partial charge is 0.221 e. The molecule has 0 saturated heterocycles. The summed E-state index contributed by atoms with van der Waals surface area (Å²) in [5.74, 6) is 0.695. The molecule has 88 valence electrons. The van der Waals surface area contributed by atoms with E-state index in [0.717, 1.165) is 22.8 Å². The minimum Gasteiger partial charge on any atom is -0.341 e. The third-order valence-corrected chi connectivity index (χ3v) is 2.33. The fourth-order valence-corrected chi connectivity index (χ4v) is 1.52. The zero-order valence-electron chi connectivity index (χ0n) is 9.53. The van der Waals surface area contributed by atoms with Crippen molar-refractivity contribution in [3.8, 4) is 11.4 Å². The zero-order chi connectivity index (χ0) is 12.3. The normalized spacial score (nSPS) is 10.2. The SMILES string of the molecule is CC(=O)Nc1ccc(-c2ncc(CN)[nH]2)cc1. The van der Waals surface area contributed by atoms with E-state index in [4.69, 9.17) is 5.73 Å². The number of carbonyl (C=O) groups excluding carboxylic acids is 1. The van der Waals surface area contributed by atoms with Crippen LogP contribution in [0, 0.1) is 0 Å². The summed E-state index contributed by atoms with van der Waals surface area (Å²) in [4.78, 5) is 18.2. The molecule has 2 rings (SSSR count). The predicted molar refractivity (Wildman–Crippen MR) is 66.2 cm³/mol. The summed E-state index contributed by atoms with van der Waals surface area (Å²) in [7, 11) is 0. The van der Waals surface area contributed by atoms with Crippen LogP contribution in [0.1, 0.15) is 12.6 Å². The molecule has 5 heteroatoms. The number of nitrogens with two attached hydrogens (primary N) is 1. The highest BCUT2D eigenvalue weighted by molar-refractivity contribution is 5.88. The van der Waals surface area contributed by atoms with E-state index in [1.165, 1.54) is 6.92 Å². The second-order valence-electron chi connectivity index (χ2n) is 3.72. The van der Waals surface area contributed by atoms with E-state index in [2.05, 4.69) is 15.3 Å². The standard InChI is InChI=1S/C12H14N4O/c1-8(17)15-10-4-2-9(3-5-10)12-14-7-11(6-13)16-12/h2-5,7H,6,13H2,1H3,(H,14,16)(H,15,17). The molecule has 0 fully saturated rings. The van der Waals surface area contributed by atoms with E-state index in [0.29, 0.717) is 6.54 Å². The summed E-state index contributed by atoms with van der Waals surface area (Å²) in [5, 5.41) is 2.71. The lowest BCUT2D eigenvalue weighted by Crippen LogP contribution is -2.05. The number of anilines is 1. The molecule has 0 bridgehead atoms. The second-order valence-corrected chi connectivity index (χ2v) is 3.72. The summed E-state index contributed by atoms with van der Waals surface area (Å²) in [6.45, 7) is 1.92. The van der Waals surface area contributed by atoms with Gasteiger partial charge in [0.2, 0.25) is 5.91 Å². The third-order valence-electron chi connectivity index (χ3n) is 2.33. The van der Waals surface area contributed by atoms with Crippen LogP contribution in [0.3, 0.4) is 0 Å². The molecule has 1 aromatic heterocycles. The summed E-state index contributed by atoms with van der Waals surface area (Å²) >= 11 is 0. The first-order valence-electron chi connectivity index (χ1n) is 5.31. The molecule has 17 heavy (non-hydrogen) atoms. The van der Waals surface area contributed by atoms with Crippen molar-refractivity contribution in [2.24, 2.45) is 5.73 Å². The van der Waals surface area contributed by atoms with Crippen molar-refractivity contribution in [2.45, 2.75) is 13.5 Å². The monoisotopic (exact) mass is 230 g/mol. The molecule has 0 spiro atoms. The Morgan fingerprint density at radius 3 is 2.65 bits per heavy atom. The number of nitrogens with zero attached hydrogens (tertiary/aromatic N) is 1. The molecule has 0 saturated carbocycles. The number of aromatic amines is 1. The molecule has 0 radical (unpaired) electrons. The topological polar surface area (TPSA) is 83.8 Å². The van der Waals surface area contributed by atoms with Crippen LogP contribution in [0.2, 0.25) is 0 Å². The lowest BCUT2D eigenvalue weighted by Gasteiger charge is -2.02. The summed E-state index contributed by atoms with van der Waals surface area (Å²) in [6.07, 6.45) is 1.72. The van der Waals surface area contributed by atoms with Crippen molar-refractivity contribution in [1.82, 2.24) is 9.97 Å². The van der Waals surface area contributed by atoms with Gasteiger partial charge in [0.05, 0.1) is 0 Å². The molecule has 1 aromatic carbocycles. The number of H-pyrrole nitrogens is 1. The molecule has 4 N–H and O–H groups in total. The Hall–Kier alpha value is -2.14. The van der Waals surface area contributed by atoms with Gasteiger partial charge >= 0.3 is 0 Å². The highest BCUT2D eigenvalue weighted by atomic mass is 16.1. The minimum absolute atomic E-state index is 0.0823. The molecule has 1 heterocycles. The van der Waals surface area contributed by atoms with Crippen LogP contribution < -0.4 is 11.1 Å². The molecular weight excluding hydrogens is 216 g/mol. The van der Waals surface area contributed by atoms with Crippen molar-refractivity contribution >= 4 is 11.6 Å². The van der Waals surface area contributed by atoms with Gasteiger partial charge in [0.15, 0.2) is 0 Å². The van der Waals surface area contributed by atoms with Gasteiger partial charge in [-0.25, -0.2) is 4.98 Å². The fraction of sp³-hybridized carbons (Fsp3) is 0.167. The Balaban J connectivity index is 2.19. The first-order valence-corrected chi connectivity index (χ1v) is 5.31. The molecule has 0 aliphatic rings. The summed E-state index contributed by atoms with van der Waals surface area (Å²) in [5.41, 5.74) is 8.12. The van der Waals surface area contributed by atoms with Crippen molar-refractivity contribution in [2.75, 3.05) is 5.32 Å². The van der Waals surface area contributed by atoms with Gasteiger partial charge in [-0.1, -0.05) is 0 Å². The van der Waals surface area contributed by atoms with E-state index >= 15 is 0 Å². The third kappa shape index (κ3) is 2.70. The lowest BCUT2D eigenvalue weighted by atomic mass is 10.2. The van der Waals surface area contributed by atoms with Crippen molar-refractivity contribution < 1.29 is 4.79 Å². The van der Waals surface area contributed by atoms with Crippen LogP contribution in [0.5, 0.6) is 0 Å². The lowest BCUT2D eigenvalue weighted by molar-refractivity contribution is -0.114. The maximum atomic E-state index is 10.9. The molecule has 2 aromatic rings. The van der Waals surface area contributed by atoms with Gasteiger partial charge in [0.25, 0.3) is 0 Å². The number of imidazole rings is 1. The Morgan fingerprint density at radius 1 is 1.41 bits per heavy atom. The Morgan fingerprint density at radius 2 is 2.12 bits per heavy atom. The molecule has 5 nitrogen and oxygen atoms in total. The fourth-order valence-electron chi connectivity index (χ4n) is 1.52. The van der Waals surface area contributed by atoms with Gasteiger partial charge in [-0.05, 0) is 24.3 Å². The van der Waals surface area contributed by atoms with Gasteiger partial charge in [-0.3, -0.25) is 4.79 Å². The predicted octanol–water partition coefficient (Wildman–Crippen LogP) is 1.49. The summed E-state index contributed by atoms with van der Waals surface area (Å²) in [6, 6.07) is 7.46. The zero-order valence-corrected chi connectivity index (χ0v) is 9.53. The van der Waals surface area contributed by atoms with Crippen LogP contribution in [-0.2, 0) is 11.3 Å².